The molecule has 0 spiro atoms. The average Bonchev–Trinajstić information content (AvgIpc) is 3.48. The fourth-order valence-electron chi connectivity index (χ4n) is 2.84. The third kappa shape index (κ3) is 9.85. The van der Waals surface area contributed by atoms with Crippen molar-refractivity contribution in [1.29, 1.82) is 0 Å². The Morgan fingerprint density at radius 2 is 1.08 bits per heavy atom. The van der Waals surface area contributed by atoms with Crippen molar-refractivity contribution >= 4 is 10.8 Å². The summed E-state index contributed by atoms with van der Waals surface area (Å²) in [5, 5.41) is 2.72. The Morgan fingerprint density at radius 1 is 0.654 bits per heavy atom. The van der Waals surface area contributed by atoms with Gasteiger partial charge in [-0.25, -0.2) is 0 Å². The van der Waals surface area contributed by atoms with Crippen molar-refractivity contribution in [2.75, 3.05) is 39.6 Å². The summed E-state index contributed by atoms with van der Waals surface area (Å²) in [7, 11) is 0. The van der Waals surface area contributed by atoms with Gasteiger partial charge in [-0.2, -0.15) is 12.1 Å². The van der Waals surface area contributed by atoms with Gasteiger partial charge in [0.25, 0.3) is 0 Å². The number of hydrogen-bond donors (Lipinski definition) is 0. The Hall–Kier alpha value is -0.693. The zero-order valence-electron chi connectivity index (χ0n) is 16.7. The van der Waals surface area contributed by atoms with Crippen LogP contribution in [0.1, 0.15) is 44.1 Å². The molecule has 140 valence electrons. The summed E-state index contributed by atoms with van der Waals surface area (Å²) < 4.78 is 14.8. The van der Waals surface area contributed by atoms with Gasteiger partial charge < -0.3 is 14.2 Å². The number of fused-ring (bicyclic) bond motifs is 1. The third-order valence-electron chi connectivity index (χ3n) is 4.38. The summed E-state index contributed by atoms with van der Waals surface area (Å²) in [5.74, 6) is 0. The standard InChI is InChI=1S/C10H9.3C4H8O.Li/c1-8-6-7-9-4-2-3-5-10(8)9;3*1-2-4-5-3-1;/h2-7H,1H3;3*1-4H2;/q-1;;;;+1. The zero-order valence-corrected chi connectivity index (χ0v) is 16.7. The van der Waals surface area contributed by atoms with E-state index in [0.29, 0.717) is 0 Å². The zero-order chi connectivity index (χ0) is 17.6. The first kappa shape index (κ1) is 23.3. The van der Waals surface area contributed by atoms with Crippen molar-refractivity contribution in [2.45, 2.75) is 45.4 Å². The quantitative estimate of drug-likeness (QED) is 0.538. The fraction of sp³-hybridized carbons (Fsp3) is 0.591. The Morgan fingerprint density at radius 3 is 1.42 bits per heavy atom. The molecule has 0 N–H and O–H groups in total. The maximum Gasteiger partial charge on any atom is 1.00 e. The largest absolute Gasteiger partial charge is 1.00 e. The van der Waals surface area contributed by atoms with E-state index in [9.17, 15) is 0 Å². The fourth-order valence-corrected chi connectivity index (χ4v) is 2.84. The van der Waals surface area contributed by atoms with E-state index in [0.717, 1.165) is 39.6 Å². The molecule has 0 unspecified atom stereocenters. The second-order valence-electron chi connectivity index (χ2n) is 6.56. The number of ether oxygens (including phenoxy) is 3. The molecule has 5 rings (SSSR count). The molecule has 2 aromatic rings. The van der Waals surface area contributed by atoms with E-state index >= 15 is 0 Å². The molecule has 3 nitrogen and oxygen atoms in total. The van der Waals surface area contributed by atoms with Gasteiger partial charge in [0.2, 0.25) is 0 Å². The van der Waals surface area contributed by atoms with Gasteiger partial charge in [0.1, 0.15) is 0 Å². The van der Waals surface area contributed by atoms with Crippen molar-refractivity contribution in [3.05, 3.63) is 42.0 Å². The molecule has 0 bridgehead atoms. The summed E-state index contributed by atoms with van der Waals surface area (Å²) in [6.45, 7) is 8.14. The molecular formula is C22H33LiO3. The van der Waals surface area contributed by atoms with Crippen LogP contribution in [0.5, 0.6) is 0 Å². The monoisotopic (exact) mass is 352 g/mol. The van der Waals surface area contributed by atoms with Crippen LogP contribution >= 0.6 is 0 Å². The summed E-state index contributed by atoms with van der Waals surface area (Å²) in [6, 6.07) is 12.8. The van der Waals surface area contributed by atoms with Gasteiger partial charge in [-0.1, -0.05) is 13.0 Å². The van der Waals surface area contributed by atoms with Crippen molar-refractivity contribution in [3.63, 3.8) is 0 Å². The van der Waals surface area contributed by atoms with Crippen molar-refractivity contribution in [2.24, 2.45) is 0 Å². The van der Waals surface area contributed by atoms with Gasteiger partial charge in [0, 0.05) is 39.6 Å². The van der Waals surface area contributed by atoms with Gasteiger partial charge in [-0.15, -0.1) is 34.5 Å². The smallest absolute Gasteiger partial charge is 0.381 e. The molecule has 3 heterocycles. The number of benzene rings is 1. The maximum absolute atomic E-state index is 4.94. The first-order valence-electron chi connectivity index (χ1n) is 9.72. The predicted octanol–water partition coefficient (Wildman–Crippen LogP) is 2.26. The van der Waals surface area contributed by atoms with Crippen molar-refractivity contribution in [1.82, 2.24) is 0 Å². The predicted molar refractivity (Wildman–Crippen MR) is 104 cm³/mol. The minimum Gasteiger partial charge on any atom is -0.381 e. The Bertz CT molecular complexity index is 509. The molecule has 0 radical (unpaired) electrons. The molecule has 3 saturated heterocycles. The number of aryl methyl sites for hydroxylation is 1. The van der Waals surface area contributed by atoms with E-state index in [1.165, 1.54) is 54.9 Å². The van der Waals surface area contributed by atoms with Gasteiger partial charge in [0.05, 0.1) is 0 Å². The van der Waals surface area contributed by atoms with Crippen LogP contribution in [-0.4, -0.2) is 39.6 Å². The van der Waals surface area contributed by atoms with Crippen LogP contribution in [0, 0.1) is 6.92 Å². The van der Waals surface area contributed by atoms with Crippen molar-refractivity contribution in [3.8, 4) is 0 Å². The molecule has 2 aromatic carbocycles. The topological polar surface area (TPSA) is 27.7 Å². The summed E-state index contributed by atoms with van der Waals surface area (Å²) in [4.78, 5) is 0. The van der Waals surface area contributed by atoms with Crippen LogP contribution in [0.4, 0.5) is 0 Å². The molecule has 0 aromatic heterocycles. The third-order valence-corrected chi connectivity index (χ3v) is 4.38. The van der Waals surface area contributed by atoms with E-state index in [2.05, 4.69) is 43.3 Å². The molecule has 3 aliphatic heterocycles. The first-order valence-corrected chi connectivity index (χ1v) is 9.72. The van der Waals surface area contributed by atoms with E-state index < -0.39 is 0 Å². The van der Waals surface area contributed by atoms with Crippen LogP contribution in [0.25, 0.3) is 10.8 Å². The van der Waals surface area contributed by atoms with E-state index in [1.807, 2.05) is 0 Å². The average molecular weight is 352 g/mol. The van der Waals surface area contributed by atoms with E-state index in [1.54, 1.807) is 0 Å². The molecular weight excluding hydrogens is 319 g/mol. The minimum atomic E-state index is 0. The molecule has 3 aliphatic rings. The first-order chi connectivity index (χ1) is 12.4. The van der Waals surface area contributed by atoms with Gasteiger partial charge in [0.15, 0.2) is 0 Å². The molecule has 0 saturated carbocycles. The number of rotatable bonds is 0. The Labute approximate surface area is 170 Å². The van der Waals surface area contributed by atoms with E-state index in [4.69, 9.17) is 14.2 Å². The maximum atomic E-state index is 4.94. The molecule has 0 aliphatic carbocycles. The van der Waals surface area contributed by atoms with Crippen LogP contribution in [0.3, 0.4) is 0 Å². The Balaban J connectivity index is 0.000000182. The van der Waals surface area contributed by atoms with Gasteiger partial charge in [-0.3, -0.25) is 0 Å². The molecule has 0 amide bonds. The second kappa shape index (κ2) is 15.4. The summed E-state index contributed by atoms with van der Waals surface area (Å²) >= 11 is 0. The van der Waals surface area contributed by atoms with Crippen LogP contribution in [0.15, 0.2) is 36.4 Å². The summed E-state index contributed by atoms with van der Waals surface area (Å²) in [5.41, 5.74) is 1.37. The van der Waals surface area contributed by atoms with Crippen LogP contribution in [-0.2, 0) is 14.2 Å². The minimum absolute atomic E-state index is 0. The molecule has 3 fully saturated rings. The normalized spacial score (nSPS) is 17.9. The van der Waals surface area contributed by atoms with Crippen molar-refractivity contribution < 1.29 is 33.1 Å². The second-order valence-corrected chi connectivity index (χ2v) is 6.56. The summed E-state index contributed by atoms with van der Waals surface area (Å²) in [6.07, 6.45) is 7.67. The van der Waals surface area contributed by atoms with Gasteiger partial charge >= 0.3 is 18.9 Å². The van der Waals surface area contributed by atoms with Crippen LogP contribution in [0.2, 0.25) is 0 Å². The molecule has 26 heavy (non-hydrogen) atoms. The molecule has 0 atom stereocenters. The van der Waals surface area contributed by atoms with Crippen LogP contribution < -0.4 is 18.9 Å². The molecule has 4 heteroatoms. The van der Waals surface area contributed by atoms with Gasteiger partial charge in [-0.05, 0) is 38.5 Å². The van der Waals surface area contributed by atoms with E-state index in [-0.39, 0.29) is 18.9 Å². The SMILES string of the molecule is C1CCOC1.C1CCOC1.C1CCOC1.C[c-]1ccc2ccccc21.[Li+]. The Kier molecular flexibility index (Phi) is 13.8. The number of hydrogen-bond acceptors (Lipinski definition) is 3.